The van der Waals surface area contributed by atoms with E-state index in [0.717, 1.165) is 51.4 Å². The smallest absolute Gasteiger partial charge is 0.211 e. The lowest BCUT2D eigenvalue weighted by atomic mass is 9.92. The van der Waals surface area contributed by atoms with Crippen molar-refractivity contribution in [1.82, 2.24) is 0 Å². The molecule has 0 aromatic carbocycles. The molecule has 0 radical (unpaired) electrons. The molecule has 1 rings (SSSR count). The van der Waals surface area contributed by atoms with Crippen LogP contribution in [0.5, 0.6) is 0 Å². The second-order valence-electron chi connectivity index (χ2n) is 6.62. The van der Waals surface area contributed by atoms with Crippen molar-refractivity contribution in [1.29, 1.82) is 0 Å². The normalized spacial score (nSPS) is 16.6. The van der Waals surface area contributed by atoms with E-state index in [-0.39, 0.29) is 12.1 Å². The summed E-state index contributed by atoms with van der Waals surface area (Å²) >= 11 is 0. The van der Waals surface area contributed by atoms with Crippen molar-refractivity contribution < 1.29 is 19.2 Å². The molecule has 8 heteroatoms. The van der Waals surface area contributed by atoms with Crippen LogP contribution in [0, 0.1) is 0 Å². The van der Waals surface area contributed by atoms with Gasteiger partial charge in [0.05, 0.1) is 25.2 Å². The summed E-state index contributed by atoms with van der Waals surface area (Å²) in [6.45, 7) is 5.54. The van der Waals surface area contributed by atoms with Gasteiger partial charge in [0, 0.05) is 0 Å². The molecule has 0 aromatic rings. The van der Waals surface area contributed by atoms with Crippen LogP contribution in [0.25, 0.3) is 0 Å². The lowest BCUT2D eigenvalue weighted by Gasteiger charge is -2.20. The first kappa shape index (κ1) is 28.7. The summed E-state index contributed by atoms with van der Waals surface area (Å²) in [6.07, 6.45) is 17.3. The zero-order chi connectivity index (χ0) is 22.0. The van der Waals surface area contributed by atoms with Crippen LogP contribution in [0.2, 0.25) is 0 Å². The van der Waals surface area contributed by atoms with Crippen LogP contribution in [-0.4, -0.2) is 49.5 Å². The highest BCUT2D eigenvalue weighted by molar-refractivity contribution is 5.34. The van der Waals surface area contributed by atoms with Crippen LogP contribution in [0.1, 0.15) is 84.5 Å². The Bertz CT molecular complexity index is 513. The van der Waals surface area contributed by atoms with E-state index >= 15 is 0 Å². The maximum absolute atomic E-state index is 9.90. The summed E-state index contributed by atoms with van der Waals surface area (Å²) in [6, 6.07) is 0.196. The van der Waals surface area contributed by atoms with Crippen molar-refractivity contribution in [3.05, 3.63) is 0 Å². The Kier molecular flexibility index (Phi) is 25.3. The third kappa shape index (κ3) is 23.5. The van der Waals surface area contributed by atoms with Crippen LogP contribution < -0.4 is 0 Å². The highest BCUT2D eigenvalue weighted by Crippen LogP contribution is 2.22. The van der Waals surface area contributed by atoms with Crippen molar-refractivity contribution in [2.24, 2.45) is 20.0 Å². The molecule has 0 spiro atoms. The van der Waals surface area contributed by atoms with E-state index in [0.29, 0.717) is 13.1 Å². The second kappa shape index (κ2) is 25.5. The standard InChI is InChI=1S/C8H10N2O2.C8H12N2O2.C5H12/c11-5-9-7-1-2-8(4-3-7)10-6-12;11-7-9-5-3-1-2-4-6-10-8-12;1-3-5-4-2/h7-8H,1-4H2;1-6H2;3-5H2,1-2H3. The quantitative estimate of drug-likeness (QED) is 0.287. The molecular weight excluding hydrogens is 372 g/mol. The fraction of sp³-hybridized carbons (Fsp3) is 0.810. The zero-order valence-electron chi connectivity index (χ0n) is 17.8. The molecule has 0 amide bonds. The highest BCUT2D eigenvalue weighted by Gasteiger charge is 2.19. The Hall–Kier alpha value is -2.48. The van der Waals surface area contributed by atoms with Gasteiger partial charge in [0.15, 0.2) is 0 Å². The number of nitrogens with zero attached hydrogens (tertiary/aromatic N) is 4. The van der Waals surface area contributed by atoms with Crippen molar-refractivity contribution in [3.8, 4) is 0 Å². The van der Waals surface area contributed by atoms with Crippen LogP contribution in [0.15, 0.2) is 20.0 Å². The van der Waals surface area contributed by atoms with Crippen LogP contribution in [0.4, 0.5) is 0 Å². The van der Waals surface area contributed by atoms with Crippen LogP contribution in [-0.2, 0) is 19.2 Å². The first-order valence-corrected chi connectivity index (χ1v) is 10.4. The number of hydrogen-bond donors (Lipinski definition) is 0. The predicted octanol–water partition coefficient (Wildman–Crippen LogP) is 4.38. The number of unbranched alkanes of at least 4 members (excludes halogenated alkanes) is 5. The Labute approximate surface area is 173 Å². The Morgan fingerprint density at radius 2 is 0.966 bits per heavy atom. The maximum atomic E-state index is 9.90. The highest BCUT2D eigenvalue weighted by atomic mass is 16.1. The van der Waals surface area contributed by atoms with Gasteiger partial charge in [-0.1, -0.05) is 46.0 Å². The third-order valence-electron chi connectivity index (χ3n) is 4.26. The molecule has 0 N–H and O–H groups in total. The Morgan fingerprint density at radius 1 is 0.586 bits per heavy atom. The van der Waals surface area contributed by atoms with Gasteiger partial charge in [-0.05, 0) is 38.5 Å². The van der Waals surface area contributed by atoms with E-state index in [1.807, 2.05) is 0 Å². The first-order chi connectivity index (χ1) is 14.2. The van der Waals surface area contributed by atoms with E-state index in [2.05, 4.69) is 33.8 Å². The number of hydrogen-bond acceptors (Lipinski definition) is 8. The summed E-state index contributed by atoms with van der Waals surface area (Å²) < 4.78 is 0. The first-order valence-electron chi connectivity index (χ1n) is 10.4. The molecule has 0 heterocycles. The van der Waals surface area contributed by atoms with Gasteiger partial charge < -0.3 is 0 Å². The van der Waals surface area contributed by atoms with Crippen molar-refractivity contribution in [2.75, 3.05) is 13.1 Å². The van der Waals surface area contributed by atoms with Gasteiger partial charge in [0.1, 0.15) is 0 Å². The van der Waals surface area contributed by atoms with Gasteiger partial charge in [-0.15, -0.1) is 0 Å². The molecule has 29 heavy (non-hydrogen) atoms. The van der Waals surface area contributed by atoms with E-state index < -0.39 is 0 Å². The molecule has 8 nitrogen and oxygen atoms in total. The topological polar surface area (TPSA) is 118 Å². The molecule has 1 aliphatic rings. The average Bonchev–Trinajstić information content (AvgIpc) is 2.73. The van der Waals surface area contributed by atoms with Crippen LogP contribution >= 0.6 is 0 Å². The van der Waals surface area contributed by atoms with E-state index in [9.17, 15) is 19.2 Å². The Morgan fingerprint density at radius 3 is 1.21 bits per heavy atom. The van der Waals surface area contributed by atoms with Crippen molar-refractivity contribution in [3.63, 3.8) is 0 Å². The molecule has 162 valence electrons. The monoisotopic (exact) mass is 406 g/mol. The average molecular weight is 407 g/mol. The van der Waals surface area contributed by atoms with Gasteiger partial charge in [-0.25, -0.2) is 39.1 Å². The zero-order valence-corrected chi connectivity index (χ0v) is 17.8. The summed E-state index contributed by atoms with van der Waals surface area (Å²) in [5.74, 6) is 0. The lowest BCUT2D eigenvalue weighted by Crippen LogP contribution is -2.19. The Balaban J connectivity index is 0. The molecule has 0 aromatic heterocycles. The molecule has 0 unspecified atom stereocenters. The van der Waals surface area contributed by atoms with Gasteiger partial charge >= 0.3 is 0 Å². The van der Waals surface area contributed by atoms with Crippen LogP contribution in [0.3, 0.4) is 0 Å². The van der Waals surface area contributed by atoms with E-state index in [1.54, 1.807) is 12.2 Å². The summed E-state index contributed by atoms with van der Waals surface area (Å²) in [5.41, 5.74) is 0. The second-order valence-corrected chi connectivity index (χ2v) is 6.62. The largest absolute Gasteiger partial charge is 0.235 e. The maximum Gasteiger partial charge on any atom is 0.235 e. The minimum atomic E-state index is 0.0978. The molecule has 0 atom stereocenters. The molecule has 0 aliphatic heterocycles. The van der Waals surface area contributed by atoms with E-state index in [4.69, 9.17) is 0 Å². The molecule has 0 saturated heterocycles. The lowest BCUT2D eigenvalue weighted by molar-refractivity contribution is 0.394. The molecule has 0 bridgehead atoms. The van der Waals surface area contributed by atoms with Gasteiger partial charge in [0.25, 0.3) is 0 Å². The van der Waals surface area contributed by atoms with Gasteiger partial charge in [-0.3, -0.25) is 0 Å². The van der Waals surface area contributed by atoms with Crippen molar-refractivity contribution >= 4 is 24.3 Å². The number of rotatable bonds is 11. The molecule has 1 saturated carbocycles. The minimum absolute atomic E-state index is 0.0978. The van der Waals surface area contributed by atoms with Gasteiger partial charge in [0.2, 0.25) is 24.3 Å². The SMILES string of the molecule is CCCCC.O=C=NC1CCC(N=C=O)CC1.O=C=NCCCCCCN=C=O. The molecule has 1 aliphatic carbocycles. The van der Waals surface area contributed by atoms with Crippen molar-refractivity contribution in [2.45, 2.75) is 96.6 Å². The number of carbonyl (C=O) groups excluding carboxylic acids is 4. The summed E-state index contributed by atoms with van der Waals surface area (Å²) in [5, 5.41) is 0. The van der Waals surface area contributed by atoms with E-state index in [1.165, 1.54) is 31.4 Å². The summed E-state index contributed by atoms with van der Waals surface area (Å²) in [4.78, 5) is 53.2. The third-order valence-corrected chi connectivity index (χ3v) is 4.26. The number of aliphatic imine (C=N–C) groups is 4. The fourth-order valence-corrected chi connectivity index (χ4v) is 2.65. The fourth-order valence-electron chi connectivity index (χ4n) is 2.65. The summed E-state index contributed by atoms with van der Waals surface area (Å²) in [7, 11) is 0. The van der Waals surface area contributed by atoms with Gasteiger partial charge in [-0.2, -0.15) is 0 Å². The minimum Gasteiger partial charge on any atom is -0.211 e. The molecule has 1 fully saturated rings. The number of isocyanates is 4. The molecular formula is C21H34N4O4. The predicted molar refractivity (Wildman–Crippen MR) is 112 cm³/mol.